The van der Waals surface area contributed by atoms with Gasteiger partial charge in [-0.15, -0.1) is 0 Å². The summed E-state index contributed by atoms with van der Waals surface area (Å²) in [6.07, 6.45) is 0.864. The molecular weight excluding hydrogens is 406 g/mol. The van der Waals surface area contributed by atoms with Crippen LogP contribution in [0.1, 0.15) is 53.9 Å². The van der Waals surface area contributed by atoms with Crippen molar-refractivity contribution in [1.82, 2.24) is 0 Å². The Labute approximate surface area is 184 Å². The van der Waals surface area contributed by atoms with Crippen LogP contribution in [-0.4, -0.2) is 69.8 Å². The molecule has 0 aromatic heterocycles. The Balaban J connectivity index is 3.26. The Morgan fingerprint density at radius 3 is 2.55 bits per heavy atom. The van der Waals surface area contributed by atoms with E-state index >= 15 is 0 Å². The summed E-state index contributed by atoms with van der Waals surface area (Å²) in [4.78, 5) is 11.2. The fraction of sp³-hybridized carbons (Fsp3) is 0.773. The number of aliphatic hydroxyl groups excluding tert-OH is 3. The van der Waals surface area contributed by atoms with E-state index in [1.165, 1.54) is 6.92 Å². The topological polar surface area (TPSA) is 152 Å². The molecule has 1 aliphatic rings. The average Bonchev–Trinajstić information content (AvgIpc) is 2.77. The Bertz CT molecular complexity index is 631. The van der Waals surface area contributed by atoms with Gasteiger partial charge in [-0.2, -0.15) is 0 Å². The summed E-state index contributed by atoms with van der Waals surface area (Å²) >= 11 is 0. The van der Waals surface area contributed by atoms with Crippen LogP contribution in [0, 0.1) is 11.8 Å². The molecule has 9 nitrogen and oxygen atoms in total. The van der Waals surface area contributed by atoms with E-state index in [1.807, 2.05) is 20.8 Å². The van der Waals surface area contributed by atoms with Gasteiger partial charge >= 0.3 is 5.97 Å². The number of carbonyl (C=O) groups excluding carboxylic acids is 1. The number of ether oxygens (including phenoxy) is 3. The summed E-state index contributed by atoms with van der Waals surface area (Å²) in [6, 6.07) is 0. The Hall–Kier alpha value is -1.65. The van der Waals surface area contributed by atoms with Crippen molar-refractivity contribution < 1.29 is 39.4 Å². The lowest BCUT2D eigenvalue weighted by Crippen LogP contribution is -2.45. The molecule has 31 heavy (non-hydrogen) atoms. The number of nitrogens with two attached hydrogens (primary N) is 1. The largest absolute Gasteiger partial charge is 0.509 e. The van der Waals surface area contributed by atoms with E-state index in [1.54, 1.807) is 19.1 Å². The van der Waals surface area contributed by atoms with Crippen molar-refractivity contribution in [2.45, 2.75) is 84.0 Å². The molecule has 0 radical (unpaired) electrons. The third kappa shape index (κ3) is 7.76. The minimum Gasteiger partial charge on any atom is -0.509 e. The van der Waals surface area contributed by atoms with E-state index in [0.717, 1.165) is 0 Å². The summed E-state index contributed by atoms with van der Waals surface area (Å²) in [5, 5.41) is 41.5. The van der Waals surface area contributed by atoms with Crippen LogP contribution in [0.15, 0.2) is 23.7 Å². The van der Waals surface area contributed by atoms with Crippen LogP contribution in [0.25, 0.3) is 0 Å². The molecule has 0 aromatic carbocycles. The molecule has 0 saturated carbocycles. The van der Waals surface area contributed by atoms with Crippen molar-refractivity contribution in [2.75, 3.05) is 13.2 Å². The van der Waals surface area contributed by atoms with Crippen LogP contribution >= 0.6 is 0 Å². The number of esters is 1. The average molecular weight is 446 g/mol. The van der Waals surface area contributed by atoms with Gasteiger partial charge in [0.15, 0.2) is 6.10 Å². The summed E-state index contributed by atoms with van der Waals surface area (Å²) < 4.78 is 17.0. The highest BCUT2D eigenvalue weighted by Crippen LogP contribution is 2.35. The molecular formula is C22H39NO8. The predicted octanol–water partition coefficient (Wildman–Crippen LogP) is 1.51. The van der Waals surface area contributed by atoms with Gasteiger partial charge in [-0.25, -0.2) is 0 Å². The minimum absolute atomic E-state index is 0.0379. The van der Waals surface area contributed by atoms with Crippen molar-refractivity contribution in [2.24, 2.45) is 17.6 Å². The van der Waals surface area contributed by atoms with Gasteiger partial charge in [0.1, 0.15) is 23.3 Å². The molecule has 9 heteroatoms. The van der Waals surface area contributed by atoms with E-state index in [4.69, 9.17) is 19.9 Å². The molecule has 0 amide bonds. The molecule has 0 fully saturated rings. The molecule has 6 unspecified atom stereocenters. The fourth-order valence-corrected chi connectivity index (χ4v) is 3.53. The van der Waals surface area contributed by atoms with Crippen LogP contribution in [0.4, 0.5) is 0 Å². The molecule has 0 aromatic rings. The molecule has 6 N–H and O–H groups in total. The molecule has 7 atom stereocenters. The monoisotopic (exact) mass is 445 g/mol. The predicted molar refractivity (Wildman–Crippen MR) is 115 cm³/mol. The minimum atomic E-state index is -1.52. The highest BCUT2D eigenvalue weighted by molar-refractivity contribution is 5.65. The van der Waals surface area contributed by atoms with E-state index in [0.29, 0.717) is 12.8 Å². The van der Waals surface area contributed by atoms with Gasteiger partial charge in [0.25, 0.3) is 0 Å². The summed E-state index contributed by atoms with van der Waals surface area (Å²) in [6.45, 7) is 7.98. The summed E-state index contributed by atoms with van der Waals surface area (Å²) in [7, 11) is 0. The molecule has 180 valence electrons. The van der Waals surface area contributed by atoms with Gasteiger partial charge in [-0.3, -0.25) is 4.79 Å². The second-order valence-electron chi connectivity index (χ2n) is 8.22. The highest BCUT2D eigenvalue weighted by Gasteiger charge is 2.43. The number of rotatable bonds is 11. The van der Waals surface area contributed by atoms with Crippen molar-refractivity contribution >= 4 is 5.97 Å². The van der Waals surface area contributed by atoms with E-state index < -0.39 is 42.0 Å². The van der Waals surface area contributed by atoms with E-state index in [9.17, 15) is 25.2 Å². The third-order valence-corrected chi connectivity index (χ3v) is 5.53. The lowest BCUT2D eigenvalue weighted by atomic mass is 9.92. The fourth-order valence-electron chi connectivity index (χ4n) is 3.53. The number of carbonyl (C=O) groups is 1. The zero-order valence-corrected chi connectivity index (χ0v) is 19.2. The maximum Gasteiger partial charge on any atom is 0.302 e. The first-order valence-electron chi connectivity index (χ1n) is 10.8. The lowest BCUT2D eigenvalue weighted by Gasteiger charge is -2.35. The first kappa shape index (κ1) is 27.4. The van der Waals surface area contributed by atoms with Gasteiger partial charge < -0.3 is 40.4 Å². The maximum absolute atomic E-state index is 11.2. The van der Waals surface area contributed by atoms with Crippen molar-refractivity contribution in [3.8, 4) is 0 Å². The zero-order chi connectivity index (χ0) is 23.8. The second kappa shape index (κ2) is 12.4. The molecule has 0 saturated heterocycles. The van der Waals surface area contributed by atoms with Crippen molar-refractivity contribution in [3.63, 3.8) is 0 Å². The van der Waals surface area contributed by atoms with Crippen molar-refractivity contribution in [3.05, 3.63) is 23.7 Å². The normalized spacial score (nSPS) is 30.0. The highest BCUT2D eigenvalue weighted by atomic mass is 16.5. The SMILES string of the molecule is CC/C=C(\O)C(CC(COC(C)=O)C(N)O)OC1=CC(C)C(CO)OC(CC)[C@@]1(C)O. The summed E-state index contributed by atoms with van der Waals surface area (Å²) in [5.74, 6) is -1.38. The Morgan fingerprint density at radius 1 is 1.42 bits per heavy atom. The smallest absolute Gasteiger partial charge is 0.302 e. The molecule has 1 aliphatic heterocycles. The zero-order valence-electron chi connectivity index (χ0n) is 19.2. The first-order valence-corrected chi connectivity index (χ1v) is 10.8. The molecule has 1 rings (SSSR count). The van der Waals surface area contributed by atoms with Gasteiger partial charge in [0.2, 0.25) is 0 Å². The Kier molecular flexibility index (Phi) is 11.0. The molecule has 0 bridgehead atoms. The Morgan fingerprint density at radius 2 is 2.06 bits per heavy atom. The van der Waals surface area contributed by atoms with Crippen LogP contribution in [0.5, 0.6) is 0 Å². The van der Waals surface area contributed by atoms with Crippen molar-refractivity contribution in [1.29, 1.82) is 0 Å². The van der Waals surface area contributed by atoms with Gasteiger partial charge in [-0.1, -0.05) is 20.8 Å². The first-order chi connectivity index (χ1) is 14.5. The van der Waals surface area contributed by atoms with Crippen LogP contribution in [0.2, 0.25) is 0 Å². The van der Waals surface area contributed by atoms with Gasteiger partial charge in [-0.05, 0) is 31.9 Å². The van der Waals surface area contributed by atoms with E-state index in [-0.39, 0.29) is 37.1 Å². The maximum atomic E-state index is 11.2. The number of hydrogen-bond acceptors (Lipinski definition) is 9. The van der Waals surface area contributed by atoms with Crippen LogP contribution < -0.4 is 5.73 Å². The van der Waals surface area contributed by atoms with Gasteiger partial charge in [0.05, 0.1) is 25.4 Å². The van der Waals surface area contributed by atoms with Crippen LogP contribution in [-0.2, 0) is 19.0 Å². The standard InChI is InChI=1S/C22H39NO8/c1-6-8-16(26)17(10-15(21(23)27)12-29-14(4)25)30-20-9-13(3)18(11-24)31-19(7-2)22(20,5)28/h8-9,13,15,17-19,21,24,26-28H,6-7,10-12,23H2,1-5H3/b16-8-/t13?,15?,17?,18?,19?,21?,22-/m1/s1. The number of hydrogen-bond donors (Lipinski definition) is 5. The number of aliphatic hydroxyl groups is 4. The quantitative estimate of drug-likeness (QED) is 0.181. The third-order valence-electron chi connectivity index (χ3n) is 5.53. The molecule has 0 spiro atoms. The molecule has 1 heterocycles. The second-order valence-corrected chi connectivity index (χ2v) is 8.22. The van der Waals surface area contributed by atoms with E-state index in [2.05, 4.69) is 0 Å². The van der Waals surface area contributed by atoms with Gasteiger partial charge in [0, 0.05) is 25.2 Å². The molecule has 0 aliphatic carbocycles. The number of allylic oxidation sites excluding steroid dienone is 1. The summed E-state index contributed by atoms with van der Waals surface area (Å²) in [5.41, 5.74) is 4.13. The lowest BCUT2D eigenvalue weighted by molar-refractivity contribution is -0.145. The van der Waals surface area contributed by atoms with Crippen LogP contribution in [0.3, 0.4) is 0 Å².